The van der Waals surface area contributed by atoms with Gasteiger partial charge < -0.3 is 27.9 Å². The molecule has 0 aromatic heterocycles. The molecule has 0 radical (unpaired) electrons. The van der Waals surface area contributed by atoms with Gasteiger partial charge in [-0.3, -0.25) is 14.2 Å². The number of unbranched alkanes of at least 4 members (excludes halogenated alkanes) is 61. The second-order valence-electron chi connectivity index (χ2n) is 31.9. The number of rotatable bonds is 85. The molecule has 9 nitrogen and oxygen atoms in total. The average molecular weight is 1450 g/mol. The van der Waals surface area contributed by atoms with E-state index in [1.54, 1.807) is 0 Å². The van der Waals surface area contributed by atoms with Crippen molar-refractivity contribution < 1.29 is 42.1 Å². The molecule has 2 unspecified atom stereocenters. The van der Waals surface area contributed by atoms with E-state index in [0.717, 1.165) is 64.2 Å². The van der Waals surface area contributed by atoms with Gasteiger partial charge in [0.15, 0.2) is 6.10 Å². The minimum absolute atomic E-state index is 0.0274. The van der Waals surface area contributed by atoms with E-state index >= 15 is 0 Å². The normalized spacial score (nSPS) is 13.2. The first-order valence-electron chi connectivity index (χ1n) is 45.0. The van der Waals surface area contributed by atoms with Gasteiger partial charge in [-0.25, -0.2) is 0 Å². The number of esters is 2. The fraction of sp³-hybridized carbons (Fsp3) is 0.870. The molecule has 0 saturated heterocycles. The van der Waals surface area contributed by atoms with E-state index in [0.29, 0.717) is 17.4 Å². The molecule has 0 fully saturated rings. The van der Waals surface area contributed by atoms with Gasteiger partial charge in [-0.2, -0.15) is 0 Å². The van der Waals surface area contributed by atoms with Gasteiger partial charge in [-0.1, -0.05) is 453 Å². The molecule has 10 heteroatoms. The predicted octanol–water partition coefficient (Wildman–Crippen LogP) is 29.8. The van der Waals surface area contributed by atoms with Crippen LogP contribution >= 0.6 is 7.82 Å². The van der Waals surface area contributed by atoms with Crippen LogP contribution in [0.2, 0.25) is 0 Å². The minimum Gasteiger partial charge on any atom is -0.756 e. The molecule has 2 atom stereocenters. The third-order valence-electron chi connectivity index (χ3n) is 20.6. The molecule has 102 heavy (non-hydrogen) atoms. The van der Waals surface area contributed by atoms with E-state index < -0.39 is 26.5 Å². The summed E-state index contributed by atoms with van der Waals surface area (Å²) in [7, 11) is 1.19. The molecule has 0 saturated carbocycles. The lowest BCUT2D eigenvalue weighted by atomic mass is 10.0. The number of hydrogen-bond donors (Lipinski definition) is 0. The highest BCUT2D eigenvalue weighted by molar-refractivity contribution is 7.45. The van der Waals surface area contributed by atoms with Crippen LogP contribution < -0.4 is 4.89 Å². The largest absolute Gasteiger partial charge is 0.756 e. The van der Waals surface area contributed by atoms with Crippen molar-refractivity contribution in [1.29, 1.82) is 0 Å². The van der Waals surface area contributed by atoms with Crippen molar-refractivity contribution in [3.63, 3.8) is 0 Å². The van der Waals surface area contributed by atoms with Crippen LogP contribution in [0.1, 0.15) is 463 Å². The highest BCUT2D eigenvalue weighted by Crippen LogP contribution is 2.38. The monoisotopic (exact) mass is 1450 g/mol. The number of hydrogen-bond acceptors (Lipinski definition) is 8. The maximum atomic E-state index is 12.9. The van der Waals surface area contributed by atoms with Crippen LogP contribution in [0.25, 0.3) is 0 Å². The number of phosphoric ester groups is 1. The maximum Gasteiger partial charge on any atom is 0.306 e. The summed E-state index contributed by atoms with van der Waals surface area (Å²) >= 11 is 0. The van der Waals surface area contributed by atoms with E-state index in [2.05, 4.69) is 74.6 Å². The van der Waals surface area contributed by atoms with Crippen LogP contribution in [-0.2, 0) is 32.7 Å². The second-order valence-corrected chi connectivity index (χ2v) is 33.4. The van der Waals surface area contributed by atoms with E-state index in [9.17, 15) is 19.0 Å². The second kappa shape index (κ2) is 82.8. The lowest BCUT2D eigenvalue weighted by Crippen LogP contribution is -2.37. The van der Waals surface area contributed by atoms with E-state index in [1.165, 1.54) is 366 Å². The molecular formula is C92H174NO8P. The summed E-state index contributed by atoms with van der Waals surface area (Å²) in [5, 5.41) is 0. The molecule has 0 rings (SSSR count). The average Bonchev–Trinajstić information content (AvgIpc) is 0.916. The number of ether oxygens (including phenoxy) is 2. The van der Waals surface area contributed by atoms with Crippen LogP contribution in [0.4, 0.5) is 0 Å². The molecule has 0 aliphatic carbocycles. The first-order chi connectivity index (χ1) is 50.0. The number of likely N-dealkylation sites (N-methyl/N-ethyl adjacent to an activating group) is 1. The zero-order valence-corrected chi connectivity index (χ0v) is 69.7. The summed E-state index contributed by atoms with van der Waals surface area (Å²) in [6.07, 6.45) is 113. The van der Waals surface area contributed by atoms with E-state index in [1.807, 2.05) is 21.1 Å². The quantitative estimate of drug-likeness (QED) is 0.0195. The molecule has 0 N–H and O–H groups in total. The summed E-state index contributed by atoms with van der Waals surface area (Å²) in [5.74, 6) is -0.804. The fourth-order valence-corrected chi connectivity index (χ4v) is 14.5. The molecule has 0 spiro atoms. The van der Waals surface area contributed by atoms with Crippen LogP contribution in [0, 0.1) is 0 Å². The van der Waals surface area contributed by atoms with Gasteiger partial charge in [0.1, 0.15) is 19.8 Å². The molecule has 0 aromatic rings. The Kier molecular flexibility index (Phi) is 80.9. The van der Waals surface area contributed by atoms with Gasteiger partial charge in [-0.05, 0) is 57.8 Å². The van der Waals surface area contributed by atoms with Crippen molar-refractivity contribution >= 4 is 19.8 Å². The van der Waals surface area contributed by atoms with E-state index in [4.69, 9.17) is 18.5 Å². The number of allylic oxidation sites excluding steroid dienone is 10. The van der Waals surface area contributed by atoms with Gasteiger partial charge >= 0.3 is 11.9 Å². The predicted molar refractivity (Wildman–Crippen MR) is 443 cm³/mol. The number of phosphoric acid groups is 1. The van der Waals surface area contributed by atoms with Crippen molar-refractivity contribution in [2.75, 3.05) is 47.5 Å². The summed E-state index contributed by atoms with van der Waals surface area (Å²) in [6, 6.07) is 0. The molecular weight excluding hydrogens is 1280 g/mol. The van der Waals surface area contributed by atoms with Crippen LogP contribution in [0.5, 0.6) is 0 Å². The van der Waals surface area contributed by atoms with Crippen LogP contribution in [0.15, 0.2) is 60.8 Å². The number of carbonyl (C=O) groups is 2. The molecule has 0 heterocycles. The van der Waals surface area contributed by atoms with Crippen molar-refractivity contribution in [2.45, 2.75) is 469 Å². The highest BCUT2D eigenvalue weighted by Gasteiger charge is 2.22. The fourth-order valence-electron chi connectivity index (χ4n) is 13.8. The number of nitrogens with zero attached hydrogens (tertiary/aromatic N) is 1. The summed E-state index contributed by atoms with van der Waals surface area (Å²) in [4.78, 5) is 38.3. The topological polar surface area (TPSA) is 111 Å². The van der Waals surface area contributed by atoms with Gasteiger partial charge in [0.2, 0.25) is 0 Å². The van der Waals surface area contributed by atoms with Gasteiger partial charge in [-0.15, -0.1) is 0 Å². The van der Waals surface area contributed by atoms with Crippen molar-refractivity contribution in [1.82, 2.24) is 0 Å². The molecule has 600 valence electrons. The Labute approximate surface area is 636 Å². The Hall–Kier alpha value is -2.29. The SMILES string of the molecule is CC/C=C\C/C=C\C/C=C\C/C=C\C/C=C\CCCCCCCCCCCCCCCCCCCCCCCCCCCC(=O)OC(COC(=O)CCCCCCCCCCCCCCCCCCCCCCCCCCCCCCCCCCCCCCC)COP(=O)([O-])OCC[N+](C)(C)C. The smallest absolute Gasteiger partial charge is 0.306 e. The number of quaternary nitrogens is 1. The first-order valence-corrected chi connectivity index (χ1v) is 46.5. The van der Waals surface area contributed by atoms with Gasteiger partial charge in [0.05, 0.1) is 27.7 Å². The lowest BCUT2D eigenvalue weighted by Gasteiger charge is -2.28. The lowest BCUT2D eigenvalue weighted by molar-refractivity contribution is -0.870. The van der Waals surface area contributed by atoms with Crippen molar-refractivity contribution in [3.05, 3.63) is 60.8 Å². The van der Waals surface area contributed by atoms with Crippen LogP contribution in [0.3, 0.4) is 0 Å². The minimum atomic E-state index is -4.65. The Morgan fingerprint density at radius 2 is 0.559 bits per heavy atom. The number of carbonyl (C=O) groups excluding carboxylic acids is 2. The summed E-state index contributed by atoms with van der Waals surface area (Å²) in [6.45, 7) is 4.22. The van der Waals surface area contributed by atoms with Crippen LogP contribution in [-0.4, -0.2) is 70.0 Å². The highest BCUT2D eigenvalue weighted by atomic mass is 31.2. The Balaban J connectivity index is 3.84. The third-order valence-corrected chi connectivity index (χ3v) is 21.5. The molecule has 0 aromatic carbocycles. The zero-order chi connectivity index (χ0) is 74.0. The standard InChI is InChI=1S/C92H174NO8P/c1-6-8-10-12-14-16-18-20-22-24-26-28-30-32-34-36-38-40-42-44-45-46-47-49-51-53-55-57-59-61-63-65-67-69-71-73-75-77-79-81-83-85-92(95)101-90(89-100-102(96,97)99-87-86-93(3,4)5)88-98-91(94)84-82-80-78-76-74-72-70-68-66-64-62-60-58-56-54-52-50-48-43-41-39-37-35-33-31-29-27-25-23-21-19-17-15-13-11-9-7-2/h8,10,14,16,20,22,26,28,32,34,90H,6-7,9,11-13,15,17-19,21,23-25,27,29-31,33,35-89H2,1-5H3/b10-8-,16-14-,22-20-,28-26-,34-32-. The Morgan fingerprint density at radius 1 is 0.314 bits per heavy atom. The summed E-state index contributed by atoms with van der Waals surface area (Å²) in [5.41, 5.74) is 0. The third kappa shape index (κ3) is 86.6. The zero-order valence-electron chi connectivity index (χ0n) is 68.8. The van der Waals surface area contributed by atoms with Gasteiger partial charge in [0, 0.05) is 12.8 Å². The Bertz CT molecular complexity index is 1910. The molecule has 0 aliphatic heterocycles. The van der Waals surface area contributed by atoms with Gasteiger partial charge in [0.25, 0.3) is 7.82 Å². The summed E-state index contributed by atoms with van der Waals surface area (Å²) < 4.78 is 34.5. The molecule has 0 amide bonds. The maximum absolute atomic E-state index is 12.9. The van der Waals surface area contributed by atoms with Crippen molar-refractivity contribution in [3.8, 4) is 0 Å². The molecule has 0 bridgehead atoms. The van der Waals surface area contributed by atoms with Crippen molar-refractivity contribution in [2.24, 2.45) is 0 Å². The Morgan fingerprint density at radius 3 is 0.833 bits per heavy atom. The first kappa shape index (κ1) is 99.7. The van der Waals surface area contributed by atoms with E-state index in [-0.39, 0.29) is 32.0 Å². The molecule has 0 aliphatic rings.